The molecule has 0 radical (unpaired) electrons. The molecule has 1 aromatic carbocycles. The molecule has 0 heterocycles. The van der Waals surface area contributed by atoms with Gasteiger partial charge >= 0.3 is 5.97 Å². The molecule has 0 amide bonds. The van der Waals surface area contributed by atoms with E-state index < -0.39 is 12.1 Å². The number of aliphatic hydroxyl groups is 1. The van der Waals surface area contributed by atoms with Gasteiger partial charge in [-0.3, -0.25) is 0 Å². The maximum absolute atomic E-state index is 10.5. The van der Waals surface area contributed by atoms with Crippen molar-refractivity contribution in [1.29, 1.82) is 0 Å². The van der Waals surface area contributed by atoms with Crippen molar-refractivity contribution >= 4 is 33.5 Å². The lowest BCUT2D eigenvalue weighted by Gasteiger charge is -2.09. The van der Waals surface area contributed by atoms with Crippen LogP contribution >= 0.6 is 27.5 Å². The summed E-state index contributed by atoms with van der Waals surface area (Å²) in [5, 5.41) is 18.3. The fourth-order valence-electron chi connectivity index (χ4n) is 0.965. The number of carboxylic acid groups (broad SMARTS) is 1. The highest BCUT2D eigenvalue weighted by molar-refractivity contribution is 9.10. The van der Waals surface area contributed by atoms with E-state index in [0.29, 0.717) is 9.50 Å². The van der Waals surface area contributed by atoms with Crippen molar-refractivity contribution < 1.29 is 15.0 Å². The molecule has 0 aliphatic rings. The Morgan fingerprint density at radius 3 is 2.57 bits per heavy atom. The van der Waals surface area contributed by atoms with Crippen molar-refractivity contribution in [3.05, 3.63) is 32.8 Å². The molecule has 0 spiro atoms. The molecule has 76 valence electrons. The highest BCUT2D eigenvalue weighted by Crippen LogP contribution is 2.28. The second-order valence-electron chi connectivity index (χ2n) is 2.85. The normalized spacial score (nSPS) is 12.6. The summed E-state index contributed by atoms with van der Waals surface area (Å²) >= 11 is 9.06. The summed E-state index contributed by atoms with van der Waals surface area (Å²) in [6.45, 7) is 1.79. The molecule has 0 fully saturated rings. The molecule has 3 nitrogen and oxygen atoms in total. The zero-order valence-corrected chi connectivity index (χ0v) is 9.63. The molecule has 2 N–H and O–H groups in total. The van der Waals surface area contributed by atoms with Gasteiger partial charge in [-0.05, 0) is 30.2 Å². The molecule has 14 heavy (non-hydrogen) atoms. The lowest BCUT2D eigenvalue weighted by Crippen LogP contribution is -2.10. The highest BCUT2D eigenvalue weighted by Gasteiger charge is 2.17. The first-order chi connectivity index (χ1) is 6.43. The van der Waals surface area contributed by atoms with Gasteiger partial charge in [-0.25, -0.2) is 4.79 Å². The smallest absolute Gasteiger partial charge is 0.337 e. The third-order valence-corrected chi connectivity index (χ3v) is 3.07. The fourth-order valence-corrected chi connectivity index (χ4v) is 1.79. The Morgan fingerprint density at radius 2 is 2.14 bits per heavy atom. The van der Waals surface area contributed by atoms with Crippen molar-refractivity contribution in [2.75, 3.05) is 0 Å². The van der Waals surface area contributed by atoms with E-state index in [9.17, 15) is 9.90 Å². The summed E-state index contributed by atoms with van der Waals surface area (Å²) in [6.07, 6.45) is -1.54. The van der Waals surface area contributed by atoms with Gasteiger partial charge in [0.25, 0.3) is 0 Å². The van der Waals surface area contributed by atoms with E-state index >= 15 is 0 Å². The summed E-state index contributed by atoms with van der Waals surface area (Å²) in [7, 11) is 0. The van der Waals surface area contributed by atoms with Crippen molar-refractivity contribution in [3.63, 3.8) is 0 Å². The fraction of sp³-hybridized carbons (Fsp3) is 0.222. The molecule has 0 saturated carbocycles. The first-order valence-corrected chi connectivity index (χ1v) is 4.97. The third kappa shape index (κ3) is 2.26. The number of aliphatic carboxylic acids is 1. The molecular weight excluding hydrogens is 271 g/mol. The first kappa shape index (κ1) is 11.5. The van der Waals surface area contributed by atoms with Crippen LogP contribution < -0.4 is 0 Å². The van der Waals surface area contributed by atoms with Gasteiger partial charge < -0.3 is 10.2 Å². The zero-order valence-electron chi connectivity index (χ0n) is 7.29. The first-order valence-electron chi connectivity index (χ1n) is 3.80. The van der Waals surface area contributed by atoms with Crippen molar-refractivity contribution in [3.8, 4) is 0 Å². The summed E-state index contributed by atoms with van der Waals surface area (Å²) in [5.74, 6) is -1.29. The number of carboxylic acids is 1. The van der Waals surface area contributed by atoms with Gasteiger partial charge in [-0.2, -0.15) is 0 Å². The Balaban J connectivity index is 3.19. The number of carbonyl (C=O) groups is 1. The van der Waals surface area contributed by atoms with E-state index in [1.54, 1.807) is 13.0 Å². The average molecular weight is 280 g/mol. The Kier molecular flexibility index (Phi) is 3.53. The summed E-state index contributed by atoms with van der Waals surface area (Å²) in [6, 6.07) is 2.99. The van der Waals surface area contributed by atoms with Crippen LogP contribution in [0, 0.1) is 6.92 Å². The minimum absolute atomic E-state index is 0.264. The van der Waals surface area contributed by atoms with Crippen LogP contribution in [0.2, 0.25) is 5.02 Å². The maximum atomic E-state index is 10.5. The van der Waals surface area contributed by atoms with Crippen molar-refractivity contribution in [2.45, 2.75) is 13.0 Å². The minimum atomic E-state index is -1.54. The van der Waals surface area contributed by atoms with E-state index in [-0.39, 0.29) is 5.56 Å². The standard InChI is InChI=1S/C9H8BrClO3/c1-4-6(10)2-5(3-7(4)11)8(12)9(13)14/h2-3,8,12H,1H3,(H,13,14). The van der Waals surface area contributed by atoms with Crippen LogP contribution in [0.4, 0.5) is 0 Å². The number of rotatable bonds is 2. The molecular formula is C9H8BrClO3. The third-order valence-electron chi connectivity index (χ3n) is 1.85. The lowest BCUT2D eigenvalue weighted by molar-refractivity contribution is -0.146. The van der Waals surface area contributed by atoms with Crippen LogP contribution in [-0.4, -0.2) is 16.2 Å². The van der Waals surface area contributed by atoms with Gasteiger partial charge in [0.15, 0.2) is 6.10 Å². The number of aliphatic hydroxyl groups excluding tert-OH is 1. The molecule has 0 aliphatic heterocycles. The molecule has 1 unspecified atom stereocenters. The Morgan fingerprint density at radius 1 is 1.57 bits per heavy atom. The molecule has 0 saturated heterocycles. The number of hydrogen-bond acceptors (Lipinski definition) is 2. The van der Waals surface area contributed by atoms with Gasteiger partial charge in [-0.1, -0.05) is 27.5 Å². The molecule has 1 atom stereocenters. The van der Waals surface area contributed by atoms with Gasteiger partial charge in [0.1, 0.15) is 0 Å². The van der Waals surface area contributed by atoms with E-state index in [2.05, 4.69) is 15.9 Å². The average Bonchev–Trinajstić information content (AvgIpc) is 2.12. The second kappa shape index (κ2) is 4.29. The molecule has 5 heteroatoms. The summed E-state index contributed by atoms with van der Waals surface area (Å²) in [4.78, 5) is 10.5. The quantitative estimate of drug-likeness (QED) is 0.874. The van der Waals surface area contributed by atoms with E-state index in [0.717, 1.165) is 5.56 Å². The zero-order chi connectivity index (χ0) is 10.9. The summed E-state index contributed by atoms with van der Waals surface area (Å²) in [5.41, 5.74) is 1.08. The van der Waals surface area contributed by atoms with Crippen LogP contribution in [0.15, 0.2) is 16.6 Å². The Bertz CT molecular complexity index is 355. The monoisotopic (exact) mass is 278 g/mol. The predicted octanol–water partition coefficient (Wildman–Crippen LogP) is 2.53. The Labute approximate surface area is 94.4 Å². The number of halogens is 2. The minimum Gasteiger partial charge on any atom is -0.479 e. The maximum Gasteiger partial charge on any atom is 0.337 e. The predicted molar refractivity (Wildman–Crippen MR) is 56.5 cm³/mol. The van der Waals surface area contributed by atoms with Crippen LogP contribution in [-0.2, 0) is 4.79 Å². The molecule has 0 aliphatic carbocycles. The van der Waals surface area contributed by atoms with Gasteiger partial charge in [0.05, 0.1) is 0 Å². The topological polar surface area (TPSA) is 57.5 Å². The van der Waals surface area contributed by atoms with E-state index in [1.807, 2.05) is 0 Å². The second-order valence-corrected chi connectivity index (χ2v) is 4.11. The molecule has 1 aromatic rings. The lowest BCUT2D eigenvalue weighted by atomic mass is 10.1. The van der Waals surface area contributed by atoms with Gasteiger partial charge in [-0.15, -0.1) is 0 Å². The van der Waals surface area contributed by atoms with E-state index in [1.165, 1.54) is 6.07 Å². The largest absolute Gasteiger partial charge is 0.479 e. The molecule has 0 aromatic heterocycles. The number of hydrogen-bond donors (Lipinski definition) is 2. The van der Waals surface area contributed by atoms with Crippen LogP contribution in [0.5, 0.6) is 0 Å². The molecule has 1 rings (SSSR count). The van der Waals surface area contributed by atoms with Gasteiger partial charge in [0, 0.05) is 9.50 Å². The van der Waals surface area contributed by atoms with Crippen molar-refractivity contribution in [2.24, 2.45) is 0 Å². The van der Waals surface area contributed by atoms with Gasteiger partial charge in [0.2, 0.25) is 0 Å². The van der Waals surface area contributed by atoms with Crippen LogP contribution in [0.3, 0.4) is 0 Å². The van der Waals surface area contributed by atoms with Crippen LogP contribution in [0.25, 0.3) is 0 Å². The highest BCUT2D eigenvalue weighted by atomic mass is 79.9. The molecule has 0 bridgehead atoms. The number of benzene rings is 1. The van der Waals surface area contributed by atoms with Crippen molar-refractivity contribution in [1.82, 2.24) is 0 Å². The van der Waals surface area contributed by atoms with Crippen LogP contribution in [0.1, 0.15) is 17.2 Å². The van der Waals surface area contributed by atoms with E-state index in [4.69, 9.17) is 16.7 Å². The Hall–Kier alpha value is -0.580. The SMILES string of the molecule is Cc1c(Cl)cc(C(O)C(=O)O)cc1Br. The summed E-state index contributed by atoms with van der Waals surface area (Å²) < 4.78 is 0.681.